The summed E-state index contributed by atoms with van der Waals surface area (Å²) < 4.78 is 49.2. The Bertz CT molecular complexity index is 396. The minimum absolute atomic E-state index is 0.207. The predicted octanol–water partition coefficient (Wildman–Crippen LogP) is 2.33. The molecule has 1 N–H and O–H groups in total. The van der Waals surface area contributed by atoms with Gasteiger partial charge in [-0.05, 0) is 24.7 Å². The van der Waals surface area contributed by atoms with E-state index in [4.69, 9.17) is 9.47 Å². The van der Waals surface area contributed by atoms with E-state index >= 15 is 0 Å². The van der Waals surface area contributed by atoms with Crippen molar-refractivity contribution in [3.05, 3.63) is 23.8 Å². The highest BCUT2D eigenvalue weighted by molar-refractivity contribution is 5.42. The van der Waals surface area contributed by atoms with Crippen LogP contribution in [0.25, 0.3) is 0 Å². The molecule has 7 heteroatoms. The summed E-state index contributed by atoms with van der Waals surface area (Å²) in [6, 6.07) is 5.22. The Kier molecular flexibility index (Phi) is 5.91. The molecule has 0 bridgehead atoms. The van der Waals surface area contributed by atoms with E-state index in [-0.39, 0.29) is 6.61 Å². The number of ether oxygens (including phenoxy) is 3. The quantitative estimate of drug-likeness (QED) is 0.778. The van der Waals surface area contributed by atoms with E-state index in [1.807, 2.05) is 7.05 Å². The molecule has 1 rings (SSSR count). The van der Waals surface area contributed by atoms with Crippen LogP contribution in [0.5, 0.6) is 11.5 Å². The van der Waals surface area contributed by atoms with Crippen LogP contribution in [0.2, 0.25) is 0 Å². The van der Waals surface area contributed by atoms with Crippen LogP contribution in [0.1, 0.15) is 5.56 Å². The highest BCUT2D eigenvalue weighted by Crippen LogP contribution is 2.28. The van der Waals surface area contributed by atoms with Gasteiger partial charge in [-0.15, -0.1) is 13.2 Å². The number of hydrogen-bond acceptors (Lipinski definition) is 4. The van der Waals surface area contributed by atoms with Crippen molar-refractivity contribution in [2.75, 3.05) is 27.4 Å². The van der Waals surface area contributed by atoms with Gasteiger partial charge in [-0.1, -0.05) is 6.07 Å². The Labute approximate surface area is 109 Å². The van der Waals surface area contributed by atoms with Gasteiger partial charge in [0.25, 0.3) is 0 Å². The maximum atomic E-state index is 11.8. The Morgan fingerprint density at radius 3 is 2.47 bits per heavy atom. The zero-order valence-corrected chi connectivity index (χ0v) is 10.7. The van der Waals surface area contributed by atoms with Gasteiger partial charge in [0.05, 0.1) is 13.7 Å². The van der Waals surface area contributed by atoms with Crippen molar-refractivity contribution in [2.45, 2.75) is 12.9 Å². The molecule has 0 heterocycles. The molecule has 0 aliphatic heterocycles. The molecule has 0 atom stereocenters. The summed E-state index contributed by atoms with van der Waals surface area (Å²) in [5, 5.41) is 2.98. The summed E-state index contributed by atoms with van der Waals surface area (Å²) in [6.45, 7) is -0.111. The molecule has 4 nitrogen and oxygen atoms in total. The number of benzene rings is 1. The topological polar surface area (TPSA) is 39.7 Å². The van der Waals surface area contributed by atoms with Gasteiger partial charge in [0, 0.05) is 6.54 Å². The average molecular weight is 279 g/mol. The molecule has 1 aromatic carbocycles. The molecule has 0 spiro atoms. The van der Waals surface area contributed by atoms with Crippen molar-refractivity contribution in [3.8, 4) is 11.5 Å². The average Bonchev–Trinajstić information content (AvgIpc) is 2.35. The van der Waals surface area contributed by atoms with Crippen molar-refractivity contribution in [2.24, 2.45) is 0 Å². The van der Waals surface area contributed by atoms with Crippen LogP contribution in [0.15, 0.2) is 18.2 Å². The molecule has 0 radical (unpaired) electrons. The monoisotopic (exact) mass is 279 g/mol. The molecule has 0 amide bonds. The first-order valence-corrected chi connectivity index (χ1v) is 5.61. The van der Waals surface area contributed by atoms with Gasteiger partial charge in [-0.3, -0.25) is 4.74 Å². The summed E-state index contributed by atoms with van der Waals surface area (Å²) in [4.78, 5) is 0. The lowest BCUT2D eigenvalue weighted by atomic mass is 10.2. The fourth-order valence-corrected chi connectivity index (χ4v) is 1.45. The molecule has 0 aliphatic carbocycles. The second-order valence-electron chi connectivity index (χ2n) is 3.66. The van der Waals surface area contributed by atoms with E-state index in [1.54, 1.807) is 18.2 Å². The van der Waals surface area contributed by atoms with Crippen LogP contribution in [0.4, 0.5) is 13.2 Å². The first kappa shape index (κ1) is 15.6. The lowest BCUT2D eigenvalue weighted by Gasteiger charge is -2.13. The molecule has 0 saturated heterocycles. The Morgan fingerprint density at radius 1 is 1.16 bits per heavy atom. The lowest BCUT2D eigenvalue weighted by Crippen LogP contribution is -2.18. The van der Waals surface area contributed by atoms with Crippen molar-refractivity contribution in [3.63, 3.8) is 0 Å². The third kappa shape index (κ3) is 5.80. The van der Waals surface area contributed by atoms with Crippen molar-refractivity contribution in [1.82, 2.24) is 5.32 Å². The molecule has 0 aromatic heterocycles. The lowest BCUT2D eigenvalue weighted by molar-refractivity contribution is -0.325. The first-order chi connectivity index (χ1) is 8.96. The maximum absolute atomic E-state index is 11.8. The van der Waals surface area contributed by atoms with E-state index in [0.29, 0.717) is 18.0 Å². The third-order valence-electron chi connectivity index (χ3n) is 2.22. The van der Waals surface area contributed by atoms with Gasteiger partial charge in [0.15, 0.2) is 11.5 Å². The van der Waals surface area contributed by atoms with Crippen LogP contribution >= 0.6 is 0 Å². The minimum atomic E-state index is -4.63. The van der Waals surface area contributed by atoms with Crippen molar-refractivity contribution < 1.29 is 27.4 Å². The molecular formula is C12H16F3NO3. The Hall–Kier alpha value is -1.47. The first-order valence-electron chi connectivity index (χ1n) is 5.61. The van der Waals surface area contributed by atoms with Gasteiger partial charge in [0.1, 0.15) is 6.61 Å². The van der Waals surface area contributed by atoms with Crippen LogP contribution in [0.3, 0.4) is 0 Å². The van der Waals surface area contributed by atoms with E-state index in [0.717, 1.165) is 5.56 Å². The maximum Gasteiger partial charge on any atom is 0.522 e. The smallest absolute Gasteiger partial charge is 0.493 e. The molecule has 1 aromatic rings. The molecule has 19 heavy (non-hydrogen) atoms. The van der Waals surface area contributed by atoms with E-state index < -0.39 is 13.0 Å². The number of nitrogens with one attached hydrogen (secondary N) is 1. The second-order valence-corrected chi connectivity index (χ2v) is 3.66. The summed E-state index contributed by atoms with van der Waals surface area (Å²) in [6.07, 6.45) is -4.63. The largest absolute Gasteiger partial charge is 0.522 e. The SMILES string of the molecule is CNCc1ccc(OCCOC(F)(F)F)c(OC)c1. The van der Waals surface area contributed by atoms with Gasteiger partial charge in [-0.25, -0.2) is 0 Å². The van der Waals surface area contributed by atoms with Gasteiger partial charge < -0.3 is 14.8 Å². The number of hydrogen-bond donors (Lipinski definition) is 1. The minimum Gasteiger partial charge on any atom is -0.493 e. The Morgan fingerprint density at radius 2 is 1.89 bits per heavy atom. The zero-order valence-electron chi connectivity index (χ0n) is 10.7. The number of methoxy groups -OCH3 is 1. The molecular weight excluding hydrogens is 263 g/mol. The van der Waals surface area contributed by atoms with Gasteiger partial charge in [0.2, 0.25) is 0 Å². The molecule has 0 aliphatic rings. The van der Waals surface area contributed by atoms with Crippen LogP contribution < -0.4 is 14.8 Å². The van der Waals surface area contributed by atoms with Crippen molar-refractivity contribution >= 4 is 0 Å². The zero-order chi connectivity index (χ0) is 14.3. The Balaban J connectivity index is 2.53. The van der Waals surface area contributed by atoms with Crippen molar-refractivity contribution in [1.29, 1.82) is 0 Å². The molecule has 0 unspecified atom stereocenters. The molecule has 108 valence electrons. The third-order valence-corrected chi connectivity index (χ3v) is 2.22. The molecule has 0 fully saturated rings. The number of halogens is 3. The molecule has 0 saturated carbocycles. The van der Waals surface area contributed by atoms with E-state index in [1.165, 1.54) is 7.11 Å². The summed E-state index contributed by atoms with van der Waals surface area (Å²) in [5.74, 6) is 0.855. The highest BCUT2D eigenvalue weighted by atomic mass is 19.4. The summed E-state index contributed by atoms with van der Waals surface area (Å²) in [5.41, 5.74) is 0.984. The fourth-order valence-electron chi connectivity index (χ4n) is 1.45. The van der Waals surface area contributed by atoms with E-state index in [2.05, 4.69) is 10.1 Å². The second kappa shape index (κ2) is 7.20. The van der Waals surface area contributed by atoms with Crippen LogP contribution in [-0.4, -0.2) is 33.7 Å². The van der Waals surface area contributed by atoms with E-state index in [9.17, 15) is 13.2 Å². The van der Waals surface area contributed by atoms with Gasteiger partial charge >= 0.3 is 6.36 Å². The predicted molar refractivity (Wildman–Crippen MR) is 63.3 cm³/mol. The summed E-state index contributed by atoms with van der Waals surface area (Å²) >= 11 is 0. The number of alkyl halides is 3. The summed E-state index contributed by atoms with van der Waals surface area (Å²) in [7, 11) is 3.28. The highest BCUT2D eigenvalue weighted by Gasteiger charge is 2.28. The van der Waals surface area contributed by atoms with Crippen LogP contribution in [0, 0.1) is 0 Å². The number of rotatable bonds is 7. The standard InChI is InChI=1S/C12H16F3NO3/c1-16-8-9-3-4-10(11(7-9)17-2)18-5-6-19-12(13,14)15/h3-4,7,16H,5-6,8H2,1-2H3. The fraction of sp³-hybridized carbons (Fsp3) is 0.500. The van der Waals surface area contributed by atoms with Gasteiger partial charge in [-0.2, -0.15) is 0 Å². The van der Waals surface area contributed by atoms with Crippen LogP contribution in [-0.2, 0) is 11.3 Å². The normalized spacial score (nSPS) is 11.4.